The molecular weight excluding hydrogens is 364 g/mol. The van der Waals surface area contributed by atoms with Crippen molar-refractivity contribution in [3.8, 4) is 0 Å². The standard InChI is InChI=1S/C24H30N2O3/c1-16-10-22(16)25-21-13-24(29-15-21)6-8-26(9-7-24)14-17-2-3-19-12-20(23(27)28)5-4-18(19)11-17/h2-5,11-12,16,21-22,25H,6-10,13-15H2,1H3,(H,27,28)/t16-,21?,22-/m1/s1. The van der Waals surface area contributed by atoms with E-state index >= 15 is 0 Å². The molecule has 0 aromatic heterocycles. The molecule has 2 aromatic carbocycles. The largest absolute Gasteiger partial charge is 0.478 e. The van der Waals surface area contributed by atoms with Gasteiger partial charge in [0.15, 0.2) is 0 Å². The molecule has 1 spiro atoms. The molecule has 5 rings (SSSR count). The number of rotatable bonds is 5. The van der Waals surface area contributed by atoms with Gasteiger partial charge in [-0.25, -0.2) is 4.79 Å². The lowest BCUT2D eigenvalue weighted by molar-refractivity contribution is -0.0449. The first-order valence-corrected chi connectivity index (χ1v) is 10.9. The number of likely N-dealkylation sites (tertiary alicyclic amines) is 1. The summed E-state index contributed by atoms with van der Waals surface area (Å²) in [6, 6.07) is 13.0. The first kappa shape index (κ1) is 19.0. The minimum Gasteiger partial charge on any atom is -0.478 e. The minimum atomic E-state index is -0.878. The Bertz CT molecular complexity index is 919. The van der Waals surface area contributed by atoms with Gasteiger partial charge in [0.2, 0.25) is 0 Å². The van der Waals surface area contributed by atoms with Crippen molar-refractivity contribution in [3.63, 3.8) is 0 Å². The van der Waals surface area contributed by atoms with Crippen molar-refractivity contribution in [2.75, 3.05) is 19.7 Å². The highest BCUT2D eigenvalue weighted by Crippen LogP contribution is 2.38. The van der Waals surface area contributed by atoms with E-state index in [0.29, 0.717) is 11.6 Å². The first-order valence-electron chi connectivity index (χ1n) is 10.9. The molecule has 3 atom stereocenters. The maximum absolute atomic E-state index is 11.2. The number of piperidine rings is 1. The van der Waals surface area contributed by atoms with E-state index < -0.39 is 5.97 Å². The Hall–Kier alpha value is -1.95. The van der Waals surface area contributed by atoms with Crippen LogP contribution >= 0.6 is 0 Å². The lowest BCUT2D eigenvalue weighted by atomic mass is 9.87. The van der Waals surface area contributed by atoms with Crippen LogP contribution in [0.1, 0.15) is 48.5 Å². The average molecular weight is 395 g/mol. The molecule has 29 heavy (non-hydrogen) atoms. The van der Waals surface area contributed by atoms with E-state index in [0.717, 1.165) is 68.2 Å². The summed E-state index contributed by atoms with van der Waals surface area (Å²) < 4.78 is 6.31. The summed E-state index contributed by atoms with van der Waals surface area (Å²) in [6.07, 6.45) is 4.70. The van der Waals surface area contributed by atoms with E-state index in [1.165, 1.54) is 12.0 Å². The third kappa shape index (κ3) is 4.04. The maximum atomic E-state index is 11.2. The summed E-state index contributed by atoms with van der Waals surface area (Å²) in [4.78, 5) is 13.7. The second kappa shape index (κ2) is 7.38. The fraction of sp³-hybridized carbons (Fsp3) is 0.542. The second-order valence-electron chi connectivity index (χ2n) is 9.36. The van der Waals surface area contributed by atoms with Crippen LogP contribution in [0.5, 0.6) is 0 Å². The van der Waals surface area contributed by atoms with Gasteiger partial charge in [-0.3, -0.25) is 4.90 Å². The van der Waals surface area contributed by atoms with Crippen molar-refractivity contribution < 1.29 is 14.6 Å². The van der Waals surface area contributed by atoms with E-state index in [9.17, 15) is 4.79 Å². The van der Waals surface area contributed by atoms with Crippen LogP contribution in [-0.2, 0) is 11.3 Å². The molecule has 1 aliphatic carbocycles. The van der Waals surface area contributed by atoms with Gasteiger partial charge < -0.3 is 15.2 Å². The number of hydrogen-bond donors (Lipinski definition) is 2. The van der Waals surface area contributed by atoms with Crippen LogP contribution in [0.25, 0.3) is 10.8 Å². The minimum absolute atomic E-state index is 0.0862. The van der Waals surface area contributed by atoms with E-state index in [2.05, 4.69) is 29.3 Å². The van der Waals surface area contributed by atoms with Crippen LogP contribution in [0.4, 0.5) is 0 Å². The smallest absolute Gasteiger partial charge is 0.335 e. The van der Waals surface area contributed by atoms with Crippen molar-refractivity contribution in [2.45, 2.75) is 56.8 Å². The van der Waals surface area contributed by atoms with Gasteiger partial charge in [-0.05, 0) is 66.1 Å². The normalized spacial score (nSPS) is 28.8. The zero-order valence-electron chi connectivity index (χ0n) is 17.1. The molecule has 2 aromatic rings. The molecule has 1 unspecified atom stereocenters. The van der Waals surface area contributed by atoms with Crippen LogP contribution in [0.3, 0.4) is 0 Å². The Morgan fingerprint density at radius 2 is 1.93 bits per heavy atom. The number of carbonyl (C=O) groups is 1. The summed E-state index contributed by atoms with van der Waals surface area (Å²) in [7, 11) is 0. The van der Waals surface area contributed by atoms with E-state index in [4.69, 9.17) is 9.84 Å². The van der Waals surface area contributed by atoms with Gasteiger partial charge >= 0.3 is 5.97 Å². The molecule has 2 heterocycles. The predicted molar refractivity (Wildman–Crippen MR) is 113 cm³/mol. The summed E-state index contributed by atoms with van der Waals surface area (Å²) in [6.45, 7) is 6.27. The van der Waals surface area contributed by atoms with Crippen molar-refractivity contribution in [3.05, 3.63) is 47.5 Å². The Kier molecular flexibility index (Phi) is 4.85. The molecular formula is C24H30N2O3. The van der Waals surface area contributed by atoms with Gasteiger partial charge in [0.1, 0.15) is 0 Å². The quantitative estimate of drug-likeness (QED) is 0.810. The molecule has 3 fully saturated rings. The topological polar surface area (TPSA) is 61.8 Å². The Labute approximate surface area is 172 Å². The molecule has 0 bridgehead atoms. The van der Waals surface area contributed by atoms with Crippen molar-refractivity contribution in [1.29, 1.82) is 0 Å². The highest BCUT2D eigenvalue weighted by atomic mass is 16.5. The van der Waals surface area contributed by atoms with E-state index in [1.54, 1.807) is 12.1 Å². The van der Waals surface area contributed by atoms with Gasteiger partial charge in [-0.15, -0.1) is 0 Å². The third-order valence-electron chi connectivity index (χ3n) is 7.09. The number of carboxylic acids is 1. The van der Waals surface area contributed by atoms with Crippen molar-refractivity contribution in [1.82, 2.24) is 10.2 Å². The van der Waals surface area contributed by atoms with Crippen LogP contribution < -0.4 is 5.32 Å². The lowest BCUT2D eigenvalue weighted by Crippen LogP contribution is -2.44. The van der Waals surface area contributed by atoms with Crippen LogP contribution in [0.15, 0.2) is 36.4 Å². The molecule has 0 amide bonds. The number of aromatic carboxylic acids is 1. The van der Waals surface area contributed by atoms with Gasteiger partial charge in [-0.1, -0.05) is 25.1 Å². The number of carboxylic acid groups (broad SMARTS) is 1. The number of ether oxygens (including phenoxy) is 1. The summed E-state index contributed by atoms with van der Waals surface area (Å²) in [5.41, 5.74) is 1.71. The number of benzene rings is 2. The summed E-state index contributed by atoms with van der Waals surface area (Å²) >= 11 is 0. The summed E-state index contributed by atoms with van der Waals surface area (Å²) in [5, 5.41) is 15.0. The Morgan fingerprint density at radius 1 is 1.21 bits per heavy atom. The molecule has 154 valence electrons. The lowest BCUT2D eigenvalue weighted by Gasteiger charge is -2.38. The molecule has 2 N–H and O–H groups in total. The molecule has 3 aliphatic rings. The number of fused-ring (bicyclic) bond motifs is 1. The van der Waals surface area contributed by atoms with Crippen molar-refractivity contribution in [2.24, 2.45) is 5.92 Å². The SMILES string of the molecule is C[C@@H]1C[C@H]1NC1COC2(CCN(Cc3ccc4cc(C(=O)O)ccc4c3)CC2)C1. The Balaban J connectivity index is 1.17. The predicted octanol–water partition coefficient (Wildman–Crippen LogP) is 3.66. The highest BCUT2D eigenvalue weighted by molar-refractivity contribution is 5.94. The fourth-order valence-electron chi connectivity index (χ4n) is 5.06. The molecule has 1 saturated carbocycles. The molecule has 5 heteroatoms. The van der Waals surface area contributed by atoms with Gasteiger partial charge in [-0.2, -0.15) is 0 Å². The maximum Gasteiger partial charge on any atom is 0.335 e. The van der Waals surface area contributed by atoms with Crippen LogP contribution in [0, 0.1) is 5.92 Å². The van der Waals surface area contributed by atoms with E-state index in [-0.39, 0.29) is 5.60 Å². The first-order chi connectivity index (χ1) is 14.0. The fourth-order valence-corrected chi connectivity index (χ4v) is 5.06. The highest BCUT2D eigenvalue weighted by Gasteiger charge is 2.44. The third-order valence-corrected chi connectivity index (χ3v) is 7.09. The monoisotopic (exact) mass is 394 g/mol. The zero-order chi connectivity index (χ0) is 20.0. The molecule has 0 radical (unpaired) electrons. The van der Waals surface area contributed by atoms with Crippen LogP contribution in [0.2, 0.25) is 0 Å². The van der Waals surface area contributed by atoms with Gasteiger partial charge in [0.05, 0.1) is 17.8 Å². The van der Waals surface area contributed by atoms with Crippen LogP contribution in [-0.4, -0.2) is 53.4 Å². The molecule has 2 saturated heterocycles. The molecule has 2 aliphatic heterocycles. The van der Waals surface area contributed by atoms with Gasteiger partial charge in [0, 0.05) is 31.7 Å². The molecule has 5 nitrogen and oxygen atoms in total. The van der Waals surface area contributed by atoms with Crippen molar-refractivity contribution >= 4 is 16.7 Å². The average Bonchev–Trinajstić information content (AvgIpc) is 3.27. The number of nitrogens with zero attached hydrogens (tertiary/aromatic N) is 1. The number of nitrogens with one attached hydrogen (secondary N) is 1. The Morgan fingerprint density at radius 3 is 2.66 bits per heavy atom. The van der Waals surface area contributed by atoms with Gasteiger partial charge in [0.25, 0.3) is 0 Å². The summed E-state index contributed by atoms with van der Waals surface area (Å²) in [5.74, 6) is -0.0393. The van der Waals surface area contributed by atoms with E-state index in [1.807, 2.05) is 12.1 Å². The zero-order valence-corrected chi connectivity index (χ0v) is 17.1. The number of hydrogen-bond acceptors (Lipinski definition) is 4. The second-order valence-corrected chi connectivity index (χ2v) is 9.36.